The second kappa shape index (κ2) is 5.48. The van der Waals surface area contributed by atoms with Gasteiger partial charge in [0.2, 0.25) is 0 Å². The van der Waals surface area contributed by atoms with Gasteiger partial charge in [0.05, 0.1) is 5.69 Å². The third kappa shape index (κ3) is 3.34. The highest BCUT2D eigenvalue weighted by atomic mass is 16.5. The standard InChI is InChI=1S/C13H24N2O/c1-8(2)10(4)14-9(3)7-13-11(5)15-16-12(13)6/h8-10,14H,7H2,1-6H3. The normalized spacial score (nSPS) is 15.4. The minimum Gasteiger partial charge on any atom is -0.361 e. The number of nitrogens with zero attached hydrogens (tertiary/aromatic N) is 1. The van der Waals surface area contributed by atoms with Crippen molar-refractivity contribution in [2.45, 2.75) is 60.0 Å². The van der Waals surface area contributed by atoms with E-state index in [0.29, 0.717) is 18.0 Å². The van der Waals surface area contributed by atoms with Gasteiger partial charge in [-0.05, 0) is 40.0 Å². The van der Waals surface area contributed by atoms with E-state index < -0.39 is 0 Å². The van der Waals surface area contributed by atoms with Gasteiger partial charge >= 0.3 is 0 Å². The van der Waals surface area contributed by atoms with Crippen LogP contribution in [0.5, 0.6) is 0 Å². The molecule has 1 rings (SSSR count). The number of hydrogen-bond donors (Lipinski definition) is 1. The maximum Gasteiger partial charge on any atom is 0.137 e. The van der Waals surface area contributed by atoms with Gasteiger partial charge in [-0.25, -0.2) is 0 Å². The van der Waals surface area contributed by atoms with Gasteiger partial charge in [0.25, 0.3) is 0 Å². The summed E-state index contributed by atoms with van der Waals surface area (Å²) >= 11 is 0. The molecule has 1 aromatic heterocycles. The lowest BCUT2D eigenvalue weighted by Gasteiger charge is -2.22. The summed E-state index contributed by atoms with van der Waals surface area (Å²) in [5.41, 5.74) is 2.26. The van der Waals surface area contributed by atoms with Crippen molar-refractivity contribution in [3.63, 3.8) is 0 Å². The van der Waals surface area contributed by atoms with Crippen LogP contribution >= 0.6 is 0 Å². The van der Waals surface area contributed by atoms with Crippen molar-refractivity contribution in [2.75, 3.05) is 0 Å². The molecule has 1 N–H and O–H groups in total. The van der Waals surface area contributed by atoms with Crippen LogP contribution in [0.1, 0.15) is 44.7 Å². The maximum atomic E-state index is 5.17. The number of aryl methyl sites for hydroxylation is 2. The minimum atomic E-state index is 0.453. The SMILES string of the molecule is Cc1noc(C)c1CC(C)NC(C)C(C)C. The van der Waals surface area contributed by atoms with Crippen LogP contribution < -0.4 is 5.32 Å². The van der Waals surface area contributed by atoms with E-state index in [1.165, 1.54) is 5.56 Å². The maximum absolute atomic E-state index is 5.17. The van der Waals surface area contributed by atoms with Crippen LogP contribution in [0.3, 0.4) is 0 Å². The van der Waals surface area contributed by atoms with E-state index in [1.54, 1.807) is 0 Å². The summed E-state index contributed by atoms with van der Waals surface area (Å²) in [7, 11) is 0. The Morgan fingerprint density at radius 2 is 1.81 bits per heavy atom. The zero-order chi connectivity index (χ0) is 12.3. The van der Waals surface area contributed by atoms with Crippen LogP contribution in [0.4, 0.5) is 0 Å². The van der Waals surface area contributed by atoms with Gasteiger partial charge in [-0.1, -0.05) is 19.0 Å². The molecule has 0 radical (unpaired) electrons. The lowest BCUT2D eigenvalue weighted by molar-refractivity contribution is 0.377. The molecule has 2 unspecified atom stereocenters. The van der Waals surface area contributed by atoms with E-state index in [1.807, 2.05) is 13.8 Å². The van der Waals surface area contributed by atoms with Gasteiger partial charge in [-0.2, -0.15) is 0 Å². The quantitative estimate of drug-likeness (QED) is 0.835. The van der Waals surface area contributed by atoms with Gasteiger partial charge in [-0.3, -0.25) is 0 Å². The van der Waals surface area contributed by atoms with Crippen LogP contribution in [0.15, 0.2) is 4.52 Å². The van der Waals surface area contributed by atoms with E-state index in [0.717, 1.165) is 17.9 Å². The Kier molecular flexibility index (Phi) is 4.54. The highest BCUT2D eigenvalue weighted by molar-refractivity contribution is 5.21. The highest BCUT2D eigenvalue weighted by Gasteiger charge is 2.15. The van der Waals surface area contributed by atoms with Crippen LogP contribution in [0.25, 0.3) is 0 Å². The Balaban J connectivity index is 2.55. The fourth-order valence-electron chi connectivity index (χ4n) is 1.80. The van der Waals surface area contributed by atoms with Gasteiger partial charge in [0.15, 0.2) is 0 Å². The molecule has 0 saturated heterocycles. The molecule has 2 atom stereocenters. The van der Waals surface area contributed by atoms with E-state index in [4.69, 9.17) is 4.52 Å². The summed E-state index contributed by atoms with van der Waals surface area (Å²) in [4.78, 5) is 0. The third-order valence-corrected chi connectivity index (χ3v) is 3.24. The van der Waals surface area contributed by atoms with Crippen molar-refractivity contribution < 1.29 is 4.52 Å². The van der Waals surface area contributed by atoms with E-state index in [-0.39, 0.29) is 0 Å². The molecule has 0 aliphatic carbocycles. The third-order valence-electron chi connectivity index (χ3n) is 3.24. The summed E-state index contributed by atoms with van der Waals surface area (Å²) in [6, 6.07) is 0.990. The fraction of sp³-hybridized carbons (Fsp3) is 0.769. The van der Waals surface area contributed by atoms with Crippen LogP contribution in [0, 0.1) is 19.8 Å². The predicted octanol–water partition coefficient (Wildman–Crippen LogP) is 2.86. The monoisotopic (exact) mass is 224 g/mol. The molecule has 0 amide bonds. The van der Waals surface area contributed by atoms with Crippen molar-refractivity contribution in [1.29, 1.82) is 0 Å². The van der Waals surface area contributed by atoms with Crippen LogP contribution in [-0.2, 0) is 6.42 Å². The van der Waals surface area contributed by atoms with Crippen molar-refractivity contribution >= 4 is 0 Å². The first-order chi connectivity index (χ1) is 7.41. The lowest BCUT2D eigenvalue weighted by Crippen LogP contribution is -2.39. The summed E-state index contributed by atoms with van der Waals surface area (Å²) in [6.45, 7) is 12.9. The van der Waals surface area contributed by atoms with E-state index >= 15 is 0 Å². The molecule has 0 aliphatic rings. The number of nitrogens with one attached hydrogen (secondary N) is 1. The first kappa shape index (κ1) is 13.2. The molecule has 0 spiro atoms. The van der Waals surface area contributed by atoms with Crippen molar-refractivity contribution in [1.82, 2.24) is 10.5 Å². The summed E-state index contributed by atoms with van der Waals surface area (Å²) in [5, 5.41) is 7.58. The topological polar surface area (TPSA) is 38.1 Å². The summed E-state index contributed by atoms with van der Waals surface area (Å²) < 4.78 is 5.17. The molecule has 1 aromatic rings. The Morgan fingerprint density at radius 3 is 2.25 bits per heavy atom. The molecule has 0 fully saturated rings. The minimum absolute atomic E-state index is 0.453. The molecule has 3 heteroatoms. The highest BCUT2D eigenvalue weighted by Crippen LogP contribution is 2.15. The second-order valence-electron chi connectivity index (χ2n) is 5.11. The molecule has 1 heterocycles. The molecule has 3 nitrogen and oxygen atoms in total. The fourth-order valence-corrected chi connectivity index (χ4v) is 1.80. The number of hydrogen-bond acceptors (Lipinski definition) is 3. The Hall–Kier alpha value is -0.830. The second-order valence-corrected chi connectivity index (χ2v) is 5.11. The van der Waals surface area contributed by atoms with Gasteiger partial charge in [0, 0.05) is 17.6 Å². The Labute approximate surface area is 98.6 Å². The Bertz CT molecular complexity index is 311. The molecular formula is C13H24N2O. The van der Waals surface area contributed by atoms with E-state index in [9.17, 15) is 0 Å². The smallest absolute Gasteiger partial charge is 0.137 e. The largest absolute Gasteiger partial charge is 0.361 e. The first-order valence-electron chi connectivity index (χ1n) is 6.09. The molecule has 0 aromatic carbocycles. The number of rotatable bonds is 5. The van der Waals surface area contributed by atoms with Crippen molar-refractivity contribution in [3.05, 3.63) is 17.0 Å². The Morgan fingerprint density at radius 1 is 1.19 bits per heavy atom. The zero-order valence-corrected chi connectivity index (χ0v) is 11.3. The average Bonchev–Trinajstić information content (AvgIpc) is 2.49. The predicted molar refractivity (Wildman–Crippen MR) is 66.6 cm³/mol. The molecule has 92 valence electrons. The van der Waals surface area contributed by atoms with Gasteiger partial charge < -0.3 is 9.84 Å². The first-order valence-corrected chi connectivity index (χ1v) is 6.09. The lowest BCUT2D eigenvalue weighted by atomic mass is 10.0. The molecular weight excluding hydrogens is 200 g/mol. The zero-order valence-electron chi connectivity index (χ0n) is 11.3. The van der Waals surface area contributed by atoms with Crippen LogP contribution in [-0.4, -0.2) is 17.2 Å². The molecule has 16 heavy (non-hydrogen) atoms. The van der Waals surface area contributed by atoms with Crippen molar-refractivity contribution in [2.24, 2.45) is 5.92 Å². The summed E-state index contributed by atoms with van der Waals surface area (Å²) in [6.07, 6.45) is 0.984. The van der Waals surface area contributed by atoms with Gasteiger partial charge in [-0.15, -0.1) is 0 Å². The van der Waals surface area contributed by atoms with Gasteiger partial charge in [0.1, 0.15) is 5.76 Å². The molecule has 0 aliphatic heterocycles. The molecule has 0 bridgehead atoms. The summed E-state index contributed by atoms with van der Waals surface area (Å²) in [5.74, 6) is 1.61. The van der Waals surface area contributed by atoms with Crippen molar-refractivity contribution in [3.8, 4) is 0 Å². The number of aromatic nitrogens is 1. The van der Waals surface area contributed by atoms with Crippen LogP contribution in [0.2, 0.25) is 0 Å². The van der Waals surface area contributed by atoms with E-state index in [2.05, 4.69) is 38.2 Å². The average molecular weight is 224 g/mol. The molecule has 0 saturated carbocycles.